The lowest BCUT2D eigenvalue weighted by Crippen LogP contribution is -2.49. The van der Waals surface area contributed by atoms with Gasteiger partial charge in [-0.3, -0.25) is 9.69 Å². The van der Waals surface area contributed by atoms with Crippen molar-refractivity contribution in [1.82, 2.24) is 10.3 Å². The fraction of sp³-hybridized carbons (Fsp3) is 0.435. The van der Waals surface area contributed by atoms with Gasteiger partial charge in [0, 0.05) is 31.0 Å². The van der Waals surface area contributed by atoms with E-state index < -0.39 is 5.60 Å². The number of aromatic nitrogens is 1. The van der Waals surface area contributed by atoms with E-state index in [9.17, 15) is 4.79 Å². The van der Waals surface area contributed by atoms with E-state index in [1.54, 1.807) is 42.5 Å². The van der Waals surface area contributed by atoms with Crippen molar-refractivity contribution < 1.29 is 14.4 Å². The van der Waals surface area contributed by atoms with Crippen LogP contribution in [0.1, 0.15) is 42.6 Å². The highest BCUT2D eigenvalue weighted by Gasteiger charge is 2.42. The molecule has 2 aliphatic rings. The lowest BCUT2D eigenvalue weighted by molar-refractivity contribution is -0.0614. The number of halogens is 1. The van der Waals surface area contributed by atoms with Crippen LogP contribution in [0, 0.1) is 0 Å². The van der Waals surface area contributed by atoms with Crippen molar-refractivity contribution in [3.63, 3.8) is 0 Å². The van der Waals surface area contributed by atoms with Gasteiger partial charge in [-0.25, -0.2) is 4.98 Å². The first-order valence-electron chi connectivity index (χ1n) is 10.5. The molecule has 2 atom stereocenters. The van der Waals surface area contributed by atoms with Gasteiger partial charge in [0.2, 0.25) is 0 Å². The number of methoxy groups -OCH3 is 1. The molecule has 2 unspecified atom stereocenters. The van der Waals surface area contributed by atoms with Gasteiger partial charge >= 0.3 is 0 Å². The zero-order chi connectivity index (χ0) is 22.0. The van der Waals surface area contributed by atoms with Crippen LogP contribution in [0.2, 0.25) is 5.02 Å². The predicted octanol–water partition coefficient (Wildman–Crippen LogP) is 3.66. The van der Waals surface area contributed by atoms with E-state index in [-0.39, 0.29) is 18.1 Å². The number of piperidine rings is 1. The summed E-state index contributed by atoms with van der Waals surface area (Å²) in [5, 5.41) is 8.04. The molecule has 1 saturated heterocycles. The second-order valence-electron chi connectivity index (χ2n) is 8.35. The molecule has 3 heterocycles. The van der Waals surface area contributed by atoms with Crippen molar-refractivity contribution in [3.8, 4) is 0 Å². The fourth-order valence-electron chi connectivity index (χ4n) is 4.16. The molecule has 0 spiro atoms. The Morgan fingerprint density at radius 1 is 1.29 bits per heavy atom. The van der Waals surface area contributed by atoms with Gasteiger partial charge in [-0.05, 0) is 57.5 Å². The first kappa shape index (κ1) is 21.7. The molecule has 1 N–H and O–H groups in total. The van der Waals surface area contributed by atoms with Gasteiger partial charge in [0.1, 0.15) is 11.8 Å². The predicted molar refractivity (Wildman–Crippen MR) is 121 cm³/mol. The van der Waals surface area contributed by atoms with E-state index in [1.807, 2.05) is 26.0 Å². The molecule has 7 nitrogen and oxygen atoms in total. The third-order valence-corrected chi connectivity index (χ3v) is 6.04. The molecule has 0 bridgehead atoms. The molecule has 0 saturated carbocycles. The topological polar surface area (TPSA) is 76.0 Å². The van der Waals surface area contributed by atoms with Crippen LogP contribution < -0.4 is 10.2 Å². The number of oxime groups is 1. The Balaban J connectivity index is 1.63. The Morgan fingerprint density at radius 3 is 2.71 bits per heavy atom. The Labute approximate surface area is 187 Å². The molecule has 8 heteroatoms. The number of rotatable bonds is 5. The second kappa shape index (κ2) is 8.94. The standard InChI is InChI=1S/C23H27ClN4O3/c1-23(2)20(30-3)19(27-31-23)15-8-10-16(11-9-15)22(29)28(17-6-4-12-25-14-17)21-18(24)7-5-13-26-21/h5,7-11,13,17,20,25H,4,6,12,14H2,1-3H3. The number of hydrogen-bond acceptors (Lipinski definition) is 6. The number of nitrogens with zero attached hydrogens (tertiary/aromatic N) is 3. The molecule has 0 radical (unpaired) electrons. The van der Waals surface area contributed by atoms with E-state index in [4.69, 9.17) is 21.2 Å². The highest BCUT2D eigenvalue weighted by atomic mass is 35.5. The van der Waals surface area contributed by atoms with Crippen molar-refractivity contribution in [1.29, 1.82) is 0 Å². The van der Waals surface area contributed by atoms with Crippen LogP contribution in [0.25, 0.3) is 0 Å². The van der Waals surface area contributed by atoms with Crippen molar-refractivity contribution in [2.45, 2.75) is 44.4 Å². The third-order valence-electron chi connectivity index (χ3n) is 5.74. The molecule has 164 valence electrons. The zero-order valence-electron chi connectivity index (χ0n) is 18.0. The van der Waals surface area contributed by atoms with Crippen LogP contribution in [-0.2, 0) is 9.57 Å². The SMILES string of the molecule is COC1C(c2ccc(C(=O)N(c3ncccc3Cl)C3CCCNC3)cc2)=NOC1(C)C. The van der Waals surface area contributed by atoms with Gasteiger partial charge in [-0.1, -0.05) is 28.9 Å². The first-order chi connectivity index (χ1) is 14.9. The lowest BCUT2D eigenvalue weighted by atomic mass is 9.93. The van der Waals surface area contributed by atoms with Crippen LogP contribution >= 0.6 is 11.6 Å². The van der Waals surface area contributed by atoms with Crippen LogP contribution in [0.4, 0.5) is 5.82 Å². The quantitative estimate of drug-likeness (QED) is 0.764. The Hall–Kier alpha value is -2.48. The summed E-state index contributed by atoms with van der Waals surface area (Å²) in [5.74, 6) is 0.357. The summed E-state index contributed by atoms with van der Waals surface area (Å²) in [7, 11) is 1.64. The number of amides is 1. The van der Waals surface area contributed by atoms with Crippen molar-refractivity contribution in [2.75, 3.05) is 25.1 Å². The number of anilines is 1. The zero-order valence-corrected chi connectivity index (χ0v) is 18.7. The summed E-state index contributed by atoms with van der Waals surface area (Å²) in [6.45, 7) is 5.52. The van der Waals surface area contributed by atoms with Crippen molar-refractivity contribution >= 4 is 29.0 Å². The van der Waals surface area contributed by atoms with Crippen LogP contribution in [0.15, 0.2) is 47.8 Å². The molecule has 1 aromatic heterocycles. The summed E-state index contributed by atoms with van der Waals surface area (Å²) in [6.07, 6.45) is 3.26. The second-order valence-corrected chi connectivity index (χ2v) is 8.76. The number of carbonyl (C=O) groups is 1. The Morgan fingerprint density at radius 2 is 2.06 bits per heavy atom. The molecule has 0 aliphatic carbocycles. The molecule has 1 amide bonds. The van der Waals surface area contributed by atoms with Gasteiger partial charge in [0.25, 0.3) is 5.91 Å². The largest absolute Gasteiger partial charge is 0.386 e. The normalized spacial score (nSPS) is 22.5. The molecule has 2 aliphatic heterocycles. The maximum absolute atomic E-state index is 13.6. The monoisotopic (exact) mass is 442 g/mol. The fourth-order valence-corrected chi connectivity index (χ4v) is 4.37. The number of nitrogens with one attached hydrogen (secondary N) is 1. The Kier molecular flexibility index (Phi) is 6.27. The molecule has 4 rings (SSSR count). The first-order valence-corrected chi connectivity index (χ1v) is 10.8. The number of pyridine rings is 1. The van der Waals surface area contributed by atoms with Gasteiger partial charge in [0.05, 0.1) is 11.1 Å². The van der Waals surface area contributed by atoms with Crippen molar-refractivity contribution in [3.05, 3.63) is 58.7 Å². The number of carbonyl (C=O) groups excluding carboxylic acids is 1. The molecule has 31 heavy (non-hydrogen) atoms. The Bertz CT molecular complexity index is 971. The molecule has 1 fully saturated rings. The van der Waals surface area contributed by atoms with Gasteiger partial charge in [-0.15, -0.1) is 0 Å². The summed E-state index contributed by atoms with van der Waals surface area (Å²) < 4.78 is 5.60. The van der Waals surface area contributed by atoms with E-state index >= 15 is 0 Å². The number of benzene rings is 1. The van der Waals surface area contributed by atoms with E-state index in [0.717, 1.165) is 24.9 Å². The minimum Gasteiger partial charge on any atom is -0.386 e. The third kappa shape index (κ3) is 4.31. The average molecular weight is 443 g/mol. The minimum absolute atomic E-state index is 0.0143. The van der Waals surface area contributed by atoms with E-state index in [1.165, 1.54) is 0 Å². The highest BCUT2D eigenvalue weighted by Crippen LogP contribution is 2.30. The number of ether oxygens (including phenoxy) is 1. The summed E-state index contributed by atoms with van der Waals surface area (Å²) >= 11 is 6.42. The van der Waals surface area contributed by atoms with Crippen LogP contribution in [0.3, 0.4) is 0 Å². The van der Waals surface area contributed by atoms with E-state index in [2.05, 4.69) is 15.5 Å². The van der Waals surface area contributed by atoms with Gasteiger partial charge in [0.15, 0.2) is 11.4 Å². The van der Waals surface area contributed by atoms with E-state index in [0.29, 0.717) is 28.7 Å². The summed E-state index contributed by atoms with van der Waals surface area (Å²) in [4.78, 5) is 25.2. The maximum atomic E-state index is 13.6. The smallest absolute Gasteiger partial charge is 0.259 e. The summed E-state index contributed by atoms with van der Waals surface area (Å²) in [6, 6.07) is 10.9. The van der Waals surface area contributed by atoms with Gasteiger partial charge < -0.3 is 14.9 Å². The molecular formula is C23H27ClN4O3. The highest BCUT2D eigenvalue weighted by molar-refractivity contribution is 6.33. The maximum Gasteiger partial charge on any atom is 0.259 e. The molecular weight excluding hydrogens is 416 g/mol. The molecule has 2 aromatic rings. The van der Waals surface area contributed by atoms with Crippen LogP contribution in [0.5, 0.6) is 0 Å². The average Bonchev–Trinajstić information content (AvgIpc) is 3.10. The van der Waals surface area contributed by atoms with Gasteiger partial charge in [-0.2, -0.15) is 0 Å². The van der Waals surface area contributed by atoms with Crippen LogP contribution in [-0.4, -0.2) is 54.5 Å². The van der Waals surface area contributed by atoms with Crippen molar-refractivity contribution in [2.24, 2.45) is 5.16 Å². The lowest BCUT2D eigenvalue weighted by Gasteiger charge is -2.34. The summed E-state index contributed by atoms with van der Waals surface area (Å²) in [5.41, 5.74) is 1.59. The molecule has 1 aromatic carbocycles. The number of hydrogen-bond donors (Lipinski definition) is 1. The minimum atomic E-state index is -0.543.